The molecule has 3 rings (SSSR count). The molecule has 1 unspecified atom stereocenters. The molecular weight excluding hydrogens is 359 g/mol. The number of rotatable bonds is 3. The molecule has 1 atom stereocenters. The number of alkyl carbamates (subject to hydrolysis) is 1. The Bertz CT molecular complexity index is 1060. The second kappa shape index (κ2) is 7.31. The van der Waals surface area contributed by atoms with Gasteiger partial charge in [-0.1, -0.05) is 18.2 Å². The zero-order chi connectivity index (χ0) is 20.5. The summed E-state index contributed by atoms with van der Waals surface area (Å²) in [4.78, 5) is 16.8. The maximum Gasteiger partial charge on any atom is 0.408 e. The molecule has 1 aromatic heterocycles. The SMILES string of the molecule is CC(NC(=O)OC(C)(C)C)c1nc2ccc(F)c(C#N)c2n1-c1ccccc1. The van der Waals surface area contributed by atoms with Gasteiger partial charge in [0.2, 0.25) is 0 Å². The molecule has 7 heteroatoms. The number of carbonyl (C=O) groups is 1. The molecule has 1 heterocycles. The Morgan fingerprint density at radius 3 is 2.54 bits per heavy atom. The summed E-state index contributed by atoms with van der Waals surface area (Å²) in [6.07, 6.45) is -0.585. The molecule has 1 amide bonds. The fraction of sp³-hybridized carbons (Fsp3) is 0.286. The molecule has 2 aromatic carbocycles. The van der Waals surface area contributed by atoms with Crippen LogP contribution < -0.4 is 5.32 Å². The number of amides is 1. The summed E-state index contributed by atoms with van der Waals surface area (Å²) in [6, 6.07) is 13.3. The van der Waals surface area contributed by atoms with Gasteiger partial charge in [-0.05, 0) is 52.0 Å². The van der Waals surface area contributed by atoms with Crippen molar-refractivity contribution in [2.24, 2.45) is 0 Å². The zero-order valence-electron chi connectivity index (χ0n) is 16.2. The van der Waals surface area contributed by atoms with E-state index in [0.29, 0.717) is 22.5 Å². The highest BCUT2D eigenvalue weighted by Crippen LogP contribution is 2.29. The fourth-order valence-electron chi connectivity index (χ4n) is 2.94. The van der Waals surface area contributed by atoms with E-state index in [2.05, 4.69) is 10.3 Å². The Morgan fingerprint density at radius 2 is 1.93 bits per heavy atom. The van der Waals surface area contributed by atoms with Crippen molar-refractivity contribution in [3.8, 4) is 11.8 Å². The Balaban J connectivity index is 2.15. The number of nitrogens with one attached hydrogen (secondary N) is 1. The molecule has 144 valence electrons. The van der Waals surface area contributed by atoms with Gasteiger partial charge in [-0.3, -0.25) is 4.57 Å². The summed E-state index contributed by atoms with van der Waals surface area (Å²) in [6.45, 7) is 7.09. The highest BCUT2D eigenvalue weighted by molar-refractivity contribution is 5.84. The van der Waals surface area contributed by atoms with Crippen molar-refractivity contribution in [2.45, 2.75) is 39.3 Å². The van der Waals surface area contributed by atoms with Gasteiger partial charge in [0.05, 0.1) is 17.1 Å². The third kappa shape index (κ3) is 3.81. The second-order valence-electron chi connectivity index (χ2n) is 7.41. The molecule has 0 saturated carbocycles. The van der Waals surface area contributed by atoms with E-state index in [9.17, 15) is 14.4 Å². The monoisotopic (exact) mass is 380 g/mol. The average molecular weight is 380 g/mol. The number of nitrogens with zero attached hydrogens (tertiary/aromatic N) is 3. The standard InChI is InChI=1S/C21H21FN4O2/c1-13(24-20(27)28-21(2,3)4)19-25-17-11-10-16(22)15(12-23)18(17)26(19)14-8-6-5-7-9-14/h5-11,13H,1-4H3,(H,24,27). The van der Waals surface area contributed by atoms with Gasteiger partial charge in [-0.25, -0.2) is 14.2 Å². The molecule has 0 saturated heterocycles. The summed E-state index contributed by atoms with van der Waals surface area (Å²) in [7, 11) is 0. The number of benzene rings is 2. The minimum Gasteiger partial charge on any atom is -0.444 e. The lowest BCUT2D eigenvalue weighted by Gasteiger charge is -2.22. The first-order chi connectivity index (χ1) is 13.2. The Kier molecular flexibility index (Phi) is 5.06. The molecule has 0 bridgehead atoms. The lowest BCUT2D eigenvalue weighted by atomic mass is 10.1. The molecular formula is C21H21FN4O2. The Labute approximate surface area is 162 Å². The van der Waals surface area contributed by atoms with Gasteiger partial charge >= 0.3 is 6.09 Å². The Morgan fingerprint density at radius 1 is 1.25 bits per heavy atom. The van der Waals surface area contributed by atoms with E-state index in [0.717, 1.165) is 0 Å². The van der Waals surface area contributed by atoms with E-state index in [1.54, 1.807) is 32.3 Å². The first-order valence-corrected chi connectivity index (χ1v) is 8.87. The van der Waals surface area contributed by atoms with Gasteiger partial charge in [0, 0.05) is 5.69 Å². The molecule has 0 aliphatic heterocycles. The van der Waals surface area contributed by atoms with Crippen LogP contribution in [-0.2, 0) is 4.74 Å². The van der Waals surface area contributed by atoms with Crippen LogP contribution in [0.1, 0.15) is 45.1 Å². The van der Waals surface area contributed by atoms with Crippen molar-refractivity contribution < 1.29 is 13.9 Å². The van der Waals surface area contributed by atoms with Crippen molar-refractivity contribution in [1.29, 1.82) is 5.26 Å². The van der Waals surface area contributed by atoms with Crippen LogP contribution in [0.25, 0.3) is 16.7 Å². The first-order valence-electron chi connectivity index (χ1n) is 8.87. The van der Waals surface area contributed by atoms with Crippen molar-refractivity contribution in [3.05, 3.63) is 59.7 Å². The van der Waals surface area contributed by atoms with Crippen LogP contribution in [0.4, 0.5) is 9.18 Å². The van der Waals surface area contributed by atoms with Crippen LogP contribution >= 0.6 is 0 Å². The minimum absolute atomic E-state index is 0.0930. The fourth-order valence-corrected chi connectivity index (χ4v) is 2.94. The number of para-hydroxylation sites is 1. The molecule has 1 N–H and O–H groups in total. The van der Waals surface area contributed by atoms with Crippen LogP contribution in [0, 0.1) is 17.1 Å². The van der Waals surface area contributed by atoms with Gasteiger partial charge in [0.25, 0.3) is 0 Å². The predicted octanol–water partition coefficient (Wildman–Crippen LogP) is 4.62. The summed E-state index contributed by atoms with van der Waals surface area (Å²) in [5.74, 6) is -0.152. The first kappa shape index (κ1) is 19.4. The second-order valence-corrected chi connectivity index (χ2v) is 7.41. The van der Waals surface area contributed by atoms with Gasteiger partial charge in [-0.2, -0.15) is 5.26 Å². The predicted molar refractivity (Wildman–Crippen MR) is 104 cm³/mol. The summed E-state index contributed by atoms with van der Waals surface area (Å²) in [5, 5.41) is 12.2. The lowest BCUT2D eigenvalue weighted by Crippen LogP contribution is -2.34. The lowest BCUT2D eigenvalue weighted by molar-refractivity contribution is 0.0505. The number of ether oxygens (including phenoxy) is 1. The van der Waals surface area contributed by atoms with E-state index in [-0.39, 0.29) is 5.56 Å². The number of hydrogen-bond acceptors (Lipinski definition) is 4. The topological polar surface area (TPSA) is 79.9 Å². The summed E-state index contributed by atoms with van der Waals surface area (Å²) >= 11 is 0. The number of fused-ring (bicyclic) bond motifs is 1. The molecule has 0 fully saturated rings. The number of halogens is 1. The number of nitriles is 1. The Hall–Kier alpha value is -3.40. The molecule has 3 aromatic rings. The maximum absolute atomic E-state index is 14.3. The quantitative estimate of drug-likeness (QED) is 0.719. The van der Waals surface area contributed by atoms with Crippen LogP contribution in [0.15, 0.2) is 42.5 Å². The van der Waals surface area contributed by atoms with Gasteiger partial charge in [0.1, 0.15) is 28.9 Å². The van der Waals surface area contributed by atoms with Gasteiger partial charge < -0.3 is 10.1 Å². The zero-order valence-corrected chi connectivity index (χ0v) is 16.2. The van der Waals surface area contributed by atoms with E-state index in [1.807, 2.05) is 36.4 Å². The van der Waals surface area contributed by atoms with Gasteiger partial charge in [0.15, 0.2) is 0 Å². The number of imidazole rings is 1. The van der Waals surface area contributed by atoms with Crippen molar-refractivity contribution in [2.75, 3.05) is 0 Å². The van der Waals surface area contributed by atoms with E-state index in [1.165, 1.54) is 12.1 Å². The highest BCUT2D eigenvalue weighted by Gasteiger charge is 2.24. The average Bonchev–Trinajstić information content (AvgIpc) is 3.00. The largest absolute Gasteiger partial charge is 0.444 e. The third-order valence-electron chi connectivity index (χ3n) is 4.04. The number of hydrogen-bond donors (Lipinski definition) is 1. The van der Waals surface area contributed by atoms with Gasteiger partial charge in [-0.15, -0.1) is 0 Å². The molecule has 0 spiro atoms. The van der Waals surface area contributed by atoms with E-state index < -0.39 is 23.6 Å². The summed E-state index contributed by atoms with van der Waals surface area (Å²) in [5.41, 5.74) is 0.807. The molecule has 28 heavy (non-hydrogen) atoms. The van der Waals surface area contributed by atoms with Crippen LogP contribution in [0.5, 0.6) is 0 Å². The summed E-state index contributed by atoms with van der Waals surface area (Å²) < 4.78 is 21.3. The minimum atomic E-state index is -0.638. The van der Waals surface area contributed by atoms with Crippen LogP contribution in [0.3, 0.4) is 0 Å². The van der Waals surface area contributed by atoms with Crippen molar-refractivity contribution >= 4 is 17.1 Å². The smallest absolute Gasteiger partial charge is 0.408 e. The van der Waals surface area contributed by atoms with Crippen LogP contribution in [0.2, 0.25) is 0 Å². The van der Waals surface area contributed by atoms with E-state index in [4.69, 9.17) is 4.74 Å². The molecule has 0 aliphatic carbocycles. The normalized spacial score (nSPS) is 12.4. The third-order valence-corrected chi connectivity index (χ3v) is 4.04. The van der Waals surface area contributed by atoms with Crippen molar-refractivity contribution in [3.63, 3.8) is 0 Å². The molecule has 0 aliphatic rings. The van der Waals surface area contributed by atoms with Crippen molar-refractivity contribution in [1.82, 2.24) is 14.9 Å². The number of carbonyl (C=O) groups excluding carboxylic acids is 1. The van der Waals surface area contributed by atoms with E-state index >= 15 is 0 Å². The van der Waals surface area contributed by atoms with Crippen LogP contribution in [-0.4, -0.2) is 21.2 Å². The maximum atomic E-state index is 14.3. The highest BCUT2D eigenvalue weighted by atomic mass is 19.1. The molecule has 0 radical (unpaired) electrons. The number of aromatic nitrogens is 2. The molecule has 6 nitrogen and oxygen atoms in total.